The third-order valence-corrected chi connectivity index (χ3v) is 11.4. The van der Waals surface area contributed by atoms with E-state index < -0.39 is 10.3 Å². The molecule has 4 aliphatic rings. The molecule has 0 unspecified atom stereocenters. The minimum absolute atomic E-state index is 0.0472. The molecule has 0 aromatic heterocycles. The molecular formula is C31H48N2O4S. The number of unbranched alkanes of at least 4 members (excludes halogenated alkanes) is 3. The van der Waals surface area contributed by atoms with Crippen LogP contribution >= 0.6 is 0 Å². The van der Waals surface area contributed by atoms with Crippen LogP contribution in [0.15, 0.2) is 30.9 Å². The second-order valence-electron chi connectivity index (χ2n) is 13.0. The second kappa shape index (κ2) is 11.2. The summed E-state index contributed by atoms with van der Waals surface area (Å²) >= 11 is 0. The number of nitrogens with one attached hydrogen (secondary N) is 1. The highest BCUT2D eigenvalue weighted by atomic mass is 32.2. The fourth-order valence-corrected chi connectivity index (χ4v) is 9.62. The van der Waals surface area contributed by atoms with Gasteiger partial charge in [0.2, 0.25) is 0 Å². The van der Waals surface area contributed by atoms with Crippen LogP contribution in [0.2, 0.25) is 0 Å². The van der Waals surface area contributed by atoms with Crippen molar-refractivity contribution in [1.29, 1.82) is 0 Å². The van der Waals surface area contributed by atoms with E-state index in [1.807, 2.05) is 6.07 Å². The molecule has 38 heavy (non-hydrogen) atoms. The number of piperidine rings is 1. The second-order valence-corrected chi connectivity index (χ2v) is 14.2. The van der Waals surface area contributed by atoms with Crippen molar-refractivity contribution in [2.45, 2.75) is 102 Å². The Bertz CT molecular complexity index is 1100. The minimum atomic E-state index is -4.30. The third kappa shape index (κ3) is 5.45. The number of nitrogens with zero attached hydrogens (tertiary/aromatic N) is 1. The molecule has 5 rings (SSSR count). The number of allylic oxidation sites excluding steroid dienone is 1. The predicted molar refractivity (Wildman–Crippen MR) is 154 cm³/mol. The Hall–Kier alpha value is -1.41. The Balaban J connectivity index is 1.34. The van der Waals surface area contributed by atoms with Crippen LogP contribution < -0.4 is 4.72 Å². The molecule has 1 heterocycles. The fraction of sp³-hybridized carbons (Fsp3) is 0.742. The normalized spacial score (nSPS) is 35.2. The lowest BCUT2D eigenvalue weighted by Gasteiger charge is -2.60. The van der Waals surface area contributed by atoms with Gasteiger partial charge in [-0.3, -0.25) is 9.27 Å². The Labute approximate surface area is 230 Å². The first-order chi connectivity index (χ1) is 18.2. The first-order valence-corrected chi connectivity index (χ1v) is 16.5. The molecule has 0 radical (unpaired) electrons. The van der Waals surface area contributed by atoms with Gasteiger partial charge in [0.15, 0.2) is 0 Å². The lowest BCUT2D eigenvalue weighted by Crippen LogP contribution is -2.54. The maximum atomic E-state index is 11.4. The molecular weight excluding hydrogens is 496 g/mol. The molecule has 7 heteroatoms. The molecule has 1 aromatic rings. The van der Waals surface area contributed by atoms with Crippen molar-refractivity contribution in [1.82, 2.24) is 4.90 Å². The molecule has 1 aromatic carbocycles. The van der Waals surface area contributed by atoms with Crippen LogP contribution in [0.5, 0.6) is 0 Å². The number of aliphatic hydroxyl groups excluding tert-OH is 1. The van der Waals surface area contributed by atoms with Gasteiger partial charge in [0.05, 0.1) is 11.8 Å². The smallest absolute Gasteiger partial charge is 0.357 e. The van der Waals surface area contributed by atoms with Crippen LogP contribution in [0, 0.1) is 22.7 Å². The fourth-order valence-electron chi connectivity index (χ4n) is 9.20. The SMILES string of the molecule is C=C[C@@]12CCc3cc(NS(=O)(=O)O)ccc3[C@H]1[C@@H](CCCCCCN1CCCCC1)C[C@@]1(C)[C@H]2CC[C@@H]1O. The third-order valence-electron chi connectivity index (χ3n) is 10.9. The molecule has 6 nitrogen and oxygen atoms in total. The molecule has 2 saturated carbocycles. The molecule has 1 saturated heterocycles. The van der Waals surface area contributed by atoms with Crippen molar-refractivity contribution >= 4 is 16.0 Å². The van der Waals surface area contributed by atoms with Crippen LogP contribution in [0.4, 0.5) is 5.69 Å². The van der Waals surface area contributed by atoms with Gasteiger partial charge in [-0.05, 0) is 129 Å². The molecule has 0 spiro atoms. The average Bonchev–Trinajstić information content (AvgIpc) is 3.19. The van der Waals surface area contributed by atoms with E-state index in [0.717, 1.165) is 38.5 Å². The summed E-state index contributed by atoms with van der Waals surface area (Å²) in [5, 5.41) is 11.2. The Morgan fingerprint density at radius 3 is 2.63 bits per heavy atom. The van der Waals surface area contributed by atoms with Gasteiger partial charge in [0, 0.05) is 0 Å². The first kappa shape index (κ1) is 28.1. The van der Waals surface area contributed by atoms with Crippen LogP contribution in [0.3, 0.4) is 0 Å². The number of fused-ring (bicyclic) bond motifs is 5. The van der Waals surface area contributed by atoms with E-state index in [0.29, 0.717) is 23.4 Å². The van der Waals surface area contributed by atoms with Crippen molar-refractivity contribution in [2.24, 2.45) is 22.7 Å². The number of hydrogen-bond donors (Lipinski definition) is 3. The highest BCUT2D eigenvalue weighted by Crippen LogP contribution is 2.69. The molecule has 1 aliphatic heterocycles. The lowest BCUT2D eigenvalue weighted by atomic mass is 9.44. The summed E-state index contributed by atoms with van der Waals surface area (Å²) in [4.78, 5) is 2.63. The van der Waals surface area contributed by atoms with E-state index in [1.165, 1.54) is 75.7 Å². The molecule has 3 aliphatic carbocycles. The van der Waals surface area contributed by atoms with Gasteiger partial charge in [0.25, 0.3) is 0 Å². The number of rotatable bonds is 10. The van der Waals surface area contributed by atoms with E-state index in [9.17, 15) is 18.1 Å². The molecule has 6 atom stereocenters. The van der Waals surface area contributed by atoms with Crippen molar-refractivity contribution < 1.29 is 18.1 Å². The average molecular weight is 545 g/mol. The molecule has 3 N–H and O–H groups in total. The maximum Gasteiger partial charge on any atom is 0.357 e. The summed E-state index contributed by atoms with van der Waals surface area (Å²) < 4.78 is 34.4. The first-order valence-electron chi connectivity index (χ1n) is 15.1. The van der Waals surface area contributed by atoms with Crippen LogP contribution in [-0.2, 0) is 16.7 Å². The van der Waals surface area contributed by atoms with E-state index >= 15 is 0 Å². The highest BCUT2D eigenvalue weighted by molar-refractivity contribution is 7.87. The summed E-state index contributed by atoms with van der Waals surface area (Å²) in [6.07, 6.45) is 17.1. The van der Waals surface area contributed by atoms with Gasteiger partial charge in [-0.1, -0.05) is 44.7 Å². The Morgan fingerprint density at radius 1 is 1.13 bits per heavy atom. The van der Waals surface area contributed by atoms with Gasteiger partial charge in [-0.25, -0.2) is 0 Å². The van der Waals surface area contributed by atoms with Crippen LogP contribution in [0.1, 0.15) is 101 Å². The predicted octanol–water partition coefficient (Wildman–Crippen LogP) is 6.34. The minimum Gasteiger partial charge on any atom is -0.393 e. The van der Waals surface area contributed by atoms with Gasteiger partial charge in [-0.15, -0.1) is 6.58 Å². The number of aryl methyl sites for hydroxylation is 1. The largest absolute Gasteiger partial charge is 0.393 e. The number of likely N-dealkylation sites (tertiary alicyclic amines) is 1. The Morgan fingerprint density at radius 2 is 1.89 bits per heavy atom. The van der Waals surface area contributed by atoms with Crippen LogP contribution in [-0.4, -0.2) is 48.7 Å². The summed E-state index contributed by atoms with van der Waals surface area (Å²) in [5.41, 5.74) is 2.78. The van der Waals surface area contributed by atoms with Gasteiger partial charge >= 0.3 is 10.3 Å². The van der Waals surface area contributed by atoms with E-state index in [2.05, 4.69) is 35.3 Å². The zero-order valence-corrected chi connectivity index (χ0v) is 24.0. The maximum absolute atomic E-state index is 11.4. The zero-order valence-electron chi connectivity index (χ0n) is 23.2. The molecule has 0 bridgehead atoms. The van der Waals surface area contributed by atoms with Crippen molar-refractivity contribution in [2.75, 3.05) is 24.4 Å². The molecule has 3 fully saturated rings. The summed E-state index contributed by atoms with van der Waals surface area (Å²) in [6, 6.07) is 5.79. The van der Waals surface area contributed by atoms with E-state index in [1.54, 1.807) is 6.07 Å². The van der Waals surface area contributed by atoms with Gasteiger partial charge < -0.3 is 10.0 Å². The van der Waals surface area contributed by atoms with Crippen molar-refractivity contribution in [3.63, 3.8) is 0 Å². The zero-order chi connectivity index (χ0) is 27.0. The van der Waals surface area contributed by atoms with Gasteiger partial charge in [-0.2, -0.15) is 8.42 Å². The number of benzene rings is 1. The summed E-state index contributed by atoms with van der Waals surface area (Å²) in [5.74, 6) is 1.21. The quantitative estimate of drug-likeness (QED) is 0.182. The summed E-state index contributed by atoms with van der Waals surface area (Å²) in [6.45, 7) is 10.5. The van der Waals surface area contributed by atoms with Gasteiger partial charge in [0.1, 0.15) is 0 Å². The molecule has 0 amide bonds. The van der Waals surface area contributed by atoms with E-state index in [4.69, 9.17) is 0 Å². The lowest BCUT2D eigenvalue weighted by molar-refractivity contribution is -0.0812. The van der Waals surface area contributed by atoms with Crippen LogP contribution in [0.25, 0.3) is 0 Å². The standard InChI is InChI=1S/C31H48N2O4S/c1-3-31-17-16-23-21-25(32-38(35,36)37)12-13-26(23)29(31)24(22-30(2)27(31)14-15-28(30)34)11-7-4-5-8-18-33-19-9-6-10-20-33/h3,12-13,21,24,27-29,32,34H,1,4-11,14-20,22H2,2H3,(H,35,36,37)/t24-,27+,28-,29+,30-,31-/m0/s1. The van der Waals surface area contributed by atoms with Crippen molar-refractivity contribution in [3.8, 4) is 0 Å². The number of aliphatic hydroxyl groups is 1. The van der Waals surface area contributed by atoms with Crippen molar-refractivity contribution in [3.05, 3.63) is 42.0 Å². The van der Waals surface area contributed by atoms with E-state index in [-0.39, 0.29) is 16.9 Å². The topological polar surface area (TPSA) is 89.9 Å². The summed E-state index contributed by atoms with van der Waals surface area (Å²) in [7, 11) is -4.30. The Kier molecular flexibility index (Phi) is 8.31. The monoisotopic (exact) mass is 544 g/mol. The molecule has 212 valence electrons. The number of anilines is 1. The highest BCUT2D eigenvalue weighted by Gasteiger charge is 2.63. The number of hydrogen-bond acceptors (Lipinski definition) is 4.